The van der Waals surface area contributed by atoms with Crippen LogP contribution in [-0.2, 0) is 5.41 Å². The smallest absolute Gasteiger partial charge is 0.101 e. The van der Waals surface area contributed by atoms with Crippen LogP contribution < -0.4 is 4.90 Å². The second-order valence-corrected chi connectivity index (χ2v) is 10.1. The van der Waals surface area contributed by atoms with E-state index >= 15 is 0 Å². The summed E-state index contributed by atoms with van der Waals surface area (Å²) >= 11 is 1.75. The van der Waals surface area contributed by atoms with E-state index < -0.39 is 0 Å². The molecule has 0 bridgehead atoms. The fourth-order valence-electron chi connectivity index (χ4n) is 3.99. The van der Waals surface area contributed by atoms with Gasteiger partial charge in [0.05, 0.1) is 21.0 Å². The van der Waals surface area contributed by atoms with Crippen molar-refractivity contribution in [1.29, 1.82) is 5.26 Å². The first kappa shape index (κ1) is 19.9. The molecule has 3 aromatic rings. The Morgan fingerprint density at radius 1 is 1.21 bits per heavy atom. The van der Waals surface area contributed by atoms with Crippen molar-refractivity contribution < 1.29 is 0 Å². The van der Waals surface area contributed by atoms with E-state index in [1.54, 1.807) is 11.3 Å². The lowest BCUT2D eigenvalue weighted by molar-refractivity contribution is 0.315. The zero-order chi connectivity index (χ0) is 20.8. The number of aromatic nitrogens is 1. The number of likely N-dealkylation sites (N-methyl/N-ethyl adjacent to an activating group) is 1. The highest BCUT2D eigenvalue weighted by molar-refractivity contribution is 7.19. The lowest BCUT2D eigenvalue weighted by Crippen LogP contribution is -2.31. The summed E-state index contributed by atoms with van der Waals surface area (Å²) in [5, 5.41) is 11.0. The van der Waals surface area contributed by atoms with Crippen LogP contribution in [0.15, 0.2) is 36.4 Å². The molecule has 150 valence electrons. The molecule has 1 atom stereocenters. The first-order chi connectivity index (χ1) is 13.8. The lowest BCUT2D eigenvalue weighted by atomic mass is 9.97. The van der Waals surface area contributed by atoms with Crippen molar-refractivity contribution in [3.63, 3.8) is 0 Å². The Kier molecular flexibility index (Phi) is 5.10. The molecule has 5 heteroatoms. The predicted octanol–water partition coefficient (Wildman–Crippen LogP) is 5.27. The van der Waals surface area contributed by atoms with Crippen molar-refractivity contribution >= 4 is 27.2 Å². The van der Waals surface area contributed by atoms with Gasteiger partial charge in [-0.15, -0.1) is 11.3 Å². The van der Waals surface area contributed by atoms with Crippen LogP contribution in [0, 0.1) is 11.3 Å². The second-order valence-electron chi connectivity index (χ2n) is 9.10. The van der Waals surface area contributed by atoms with Gasteiger partial charge in [-0.1, -0.05) is 51.1 Å². The Labute approximate surface area is 177 Å². The summed E-state index contributed by atoms with van der Waals surface area (Å²) in [5.74, 6) is 0. The van der Waals surface area contributed by atoms with E-state index in [0.717, 1.165) is 45.9 Å². The second kappa shape index (κ2) is 7.44. The fourth-order valence-corrected chi connectivity index (χ4v) is 5.22. The molecular weight excluding hydrogens is 376 g/mol. The van der Waals surface area contributed by atoms with E-state index in [1.165, 1.54) is 5.69 Å². The summed E-state index contributed by atoms with van der Waals surface area (Å²) in [7, 11) is 4.32. The van der Waals surface area contributed by atoms with Gasteiger partial charge in [0.15, 0.2) is 0 Å². The molecule has 0 N–H and O–H groups in total. The molecule has 2 heterocycles. The molecule has 0 amide bonds. The largest absolute Gasteiger partial charge is 0.368 e. The highest BCUT2D eigenvalue weighted by Gasteiger charge is 2.30. The number of rotatable bonds is 3. The number of hydrogen-bond donors (Lipinski definition) is 0. The Bertz CT molecular complexity index is 1070. The van der Waals surface area contributed by atoms with Gasteiger partial charge in [0.2, 0.25) is 0 Å². The first-order valence-corrected chi connectivity index (χ1v) is 11.0. The molecule has 1 aliphatic heterocycles. The van der Waals surface area contributed by atoms with Gasteiger partial charge >= 0.3 is 0 Å². The lowest BCUT2D eigenvalue weighted by Gasteiger charge is -2.25. The average Bonchev–Trinajstić information content (AvgIpc) is 3.35. The maximum atomic E-state index is 9.88. The van der Waals surface area contributed by atoms with Gasteiger partial charge in [-0.05, 0) is 32.1 Å². The van der Waals surface area contributed by atoms with E-state index in [-0.39, 0.29) is 5.41 Å². The summed E-state index contributed by atoms with van der Waals surface area (Å²) in [6.07, 6.45) is 1.15. The highest BCUT2D eigenvalue weighted by Crippen LogP contribution is 2.45. The summed E-state index contributed by atoms with van der Waals surface area (Å²) in [6, 6.07) is 15.4. The van der Waals surface area contributed by atoms with Gasteiger partial charge in [-0.2, -0.15) is 5.26 Å². The summed E-state index contributed by atoms with van der Waals surface area (Å²) in [4.78, 5) is 9.75. The molecule has 1 saturated heterocycles. The van der Waals surface area contributed by atoms with E-state index in [0.29, 0.717) is 11.6 Å². The van der Waals surface area contributed by atoms with Crippen LogP contribution in [0.5, 0.6) is 0 Å². The number of nitrogens with zero attached hydrogens (tertiary/aromatic N) is 4. The Balaban J connectivity index is 1.99. The minimum Gasteiger partial charge on any atom is -0.368 e. The normalized spacial score (nSPS) is 17.3. The van der Waals surface area contributed by atoms with Gasteiger partial charge in [-0.25, -0.2) is 4.98 Å². The molecular formula is C24H28N4S. The molecule has 0 spiro atoms. The van der Waals surface area contributed by atoms with Crippen LogP contribution in [0.25, 0.3) is 21.3 Å². The summed E-state index contributed by atoms with van der Waals surface area (Å²) < 4.78 is 1.15. The van der Waals surface area contributed by atoms with E-state index in [2.05, 4.69) is 75.0 Å². The first-order valence-electron chi connectivity index (χ1n) is 10.1. The van der Waals surface area contributed by atoms with Crippen molar-refractivity contribution in [2.45, 2.75) is 38.6 Å². The van der Waals surface area contributed by atoms with Gasteiger partial charge in [0, 0.05) is 30.1 Å². The standard InChI is InChI=1S/C24H28N4S/c1-24(2,3)23-26-20-17(14-25)13-19(16-9-7-6-8-10-16)21(22(20)29-23)28-12-11-18(15-28)27(4)5/h6-10,13,18H,11-12,15H2,1-5H3/t18-/m0/s1. The molecule has 0 aliphatic carbocycles. The highest BCUT2D eigenvalue weighted by atomic mass is 32.1. The zero-order valence-electron chi connectivity index (χ0n) is 17.9. The molecule has 2 aromatic carbocycles. The van der Waals surface area contributed by atoms with Crippen LogP contribution in [0.4, 0.5) is 5.69 Å². The number of nitriles is 1. The van der Waals surface area contributed by atoms with E-state index in [1.807, 2.05) is 12.1 Å². The minimum atomic E-state index is -0.0439. The number of benzene rings is 2. The van der Waals surface area contributed by atoms with Crippen LogP contribution in [0.1, 0.15) is 37.8 Å². The average molecular weight is 405 g/mol. The van der Waals surface area contributed by atoms with Crippen LogP contribution >= 0.6 is 11.3 Å². The monoisotopic (exact) mass is 404 g/mol. The van der Waals surface area contributed by atoms with Crippen molar-refractivity contribution in [3.8, 4) is 17.2 Å². The molecule has 0 unspecified atom stereocenters. The molecule has 4 rings (SSSR count). The van der Waals surface area contributed by atoms with E-state index in [9.17, 15) is 5.26 Å². The molecule has 1 aromatic heterocycles. The number of thiazole rings is 1. The van der Waals surface area contributed by atoms with Crippen LogP contribution in [-0.4, -0.2) is 43.1 Å². The molecule has 0 saturated carbocycles. The third-order valence-electron chi connectivity index (χ3n) is 5.70. The quantitative estimate of drug-likeness (QED) is 0.596. The maximum absolute atomic E-state index is 9.88. The summed E-state index contributed by atoms with van der Waals surface area (Å²) in [6.45, 7) is 8.58. The summed E-state index contributed by atoms with van der Waals surface area (Å²) in [5.41, 5.74) is 5.00. The third-order valence-corrected chi connectivity index (χ3v) is 7.19. The molecule has 4 nitrogen and oxygen atoms in total. The van der Waals surface area contributed by atoms with Gasteiger partial charge in [0.25, 0.3) is 0 Å². The topological polar surface area (TPSA) is 43.2 Å². The van der Waals surface area contributed by atoms with Crippen molar-refractivity contribution in [2.75, 3.05) is 32.1 Å². The molecule has 1 aliphatic rings. The van der Waals surface area contributed by atoms with Crippen molar-refractivity contribution in [3.05, 3.63) is 47.0 Å². The SMILES string of the molecule is CN(C)[C@H]1CCN(c2c(-c3ccccc3)cc(C#N)c3nc(C(C)(C)C)sc23)C1. The van der Waals surface area contributed by atoms with Gasteiger partial charge in [0.1, 0.15) is 11.6 Å². The maximum Gasteiger partial charge on any atom is 0.101 e. The number of fused-ring (bicyclic) bond motifs is 1. The van der Waals surface area contributed by atoms with Gasteiger partial charge in [-0.3, -0.25) is 0 Å². The zero-order valence-corrected chi connectivity index (χ0v) is 18.7. The third kappa shape index (κ3) is 3.63. The number of hydrogen-bond acceptors (Lipinski definition) is 5. The Morgan fingerprint density at radius 2 is 1.93 bits per heavy atom. The van der Waals surface area contributed by atoms with Crippen molar-refractivity contribution in [2.24, 2.45) is 0 Å². The predicted molar refractivity (Wildman–Crippen MR) is 123 cm³/mol. The van der Waals surface area contributed by atoms with Crippen LogP contribution in [0.2, 0.25) is 0 Å². The van der Waals surface area contributed by atoms with Gasteiger partial charge < -0.3 is 9.80 Å². The molecule has 1 fully saturated rings. The molecule has 29 heavy (non-hydrogen) atoms. The van der Waals surface area contributed by atoms with Crippen LogP contribution in [0.3, 0.4) is 0 Å². The minimum absolute atomic E-state index is 0.0439. The van der Waals surface area contributed by atoms with Crippen molar-refractivity contribution in [1.82, 2.24) is 9.88 Å². The number of anilines is 1. The Morgan fingerprint density at radius 3 is 2.52 bits per heavy atom. The van der Waals surface area contributed by atoms with E-state index in [4.69, 9.17) is 4.98 Å². The molecule has 0 radical (unpaired) electrons. The Hall–Kier alpha value is -2.42. The fraction of sp³-hybridized carbons (Fsp3) is 0.417.